The largest absolute Gasteiger partial charge is 0.493 e. The van der Waals surface area contributed by atoms with Crippen molar-refractivity contribution in [2.24, 2.45) is 7.05 Å². The van der Waals surface area contributed by atoms with Crippen LogP contribution in [0.1, 0.15) is 6.42 Å². The summed E-state index contributed by atoms with van der Waals surface area (Å²) in [6, 6.07) is 15.8. The zero-order valence-corrected chi connectivity index (χ0v) is 15.3. The Kier molecular flexibility index (Phi) is 5.23. The summed E-state index contributed by atoms with van der Waals surface area (Å²) in [5.41, 5.74) is 1.47. The van der Waals surface area contributed by atoms with Gasteiger partial charge in [-0.05, 0) is 30.7 Å². The van der Waals surface area contributed by atoms with Crippen molar-refractivity contribution in [3.05, 3.63) is 73.4 Å². The zero-order valence-electron chi connectivity index (χ0n) is 14.5. The summed E-state index contributed by atoms with van der Waals surface area (Å²) in [5.74, 6) is 0.681. The molecule has 0 fully saturated rings. The van der Waals surface area contributed by atoms with Gasteiger partial charge in [-0.1, -0.05) is 36.4 Å². The van der Waals surface area contributed by atoms with Crippen LogP contribution in [0.5, 0.6) is 5.75 Å². The predicted molar refractivity (Wildman–Crippen MR) is 101 cm³/mol. The van der Waals surface area contributed by atoms with Crippen LogP contribution in [0.4, 0.5) is 0 Å². The lowest BCUT2D eigenvalue weighted by atomic mass is 10.1. The quantitative estimate of drug-likeness (QED) is 0.469. The van der Waals surface area contributed by atoms with Gasteiger partial charge in [0.1, 0.15) is 5.75 Å². The molecule has 0 radical (unpaired) electrons. The summed E-state index contributed by atoms with van der Waals surface area (Å²) in [5, 5.41) is -0.000375. The lowest BCUT2D eigenvalue weighted by Gasteiger charge is -2.12. The van der Waals surface area contributed by atoms with Gasteiger partial charge in [0.15, 0.2) is 0 Å². The molecule has 0 N–H and O–H groups in total. The van der Waals surface area contributed by atoms with Crippen LogP contribution in [-0.2, 0) is 16.9 Å². The number of ether oxygens (including phenoxy) is 1. The van der Waals surface area contributed by atoms with Gasteiger partial charge in [0.25, 0.3) is 0 Å². The Morgan fingerprint density at radius 3 is 2.54 bits per heavy atom. The number of hydrogen-bond acceptors (Lipinski definition) is 4. The van der Waals surface area contributed by atoms with Crippen molar-refractivity contribution in [2.75, 3.05) is 6.61 Å². The first-order valence-electron chi connectivity index (χ1n) is 8.20. The maximum absolute atomic E-state index is 12.9. The second-order valence-electron chi connectivity index (χ2n) is 5.72. The van der Waals surface area contributed by atoms with Crippen LogP contribution < -0.4 is 4.74 Å². The molecule has 3 aromatic rings. The molecule has 0 spiro atoms. The molecule has 0 aliphatic carbocycles. The van der Waals surface area contributed by atoms with E-state index in [1.807, 2.05) is 24.3 Å². The van der Waals surface area contributed by atoms with Gasteiger partial charge in [-0.3, -0.25) is 0 Å². The number of benzene rings is 2. The third-order valence-electron chi connectivity index (χ3n) is 3.98. The van der Waals surface area contributed by atoms with Gasteiger partial charge in [0.2, 0.25) is 15.0 Å². The molecule has 0 aliphatic rings. The summed E-state index contributed by atoms with van der Waals surface area (Å²) in [4.78, 5) is 4.40. The number of sulfone groups is 1. The molecule has 2 aromatic carbocycles. The molecule has 0 atom stereocenters. The van der Waals surface area contributed by atoms with Gasteiger partial charge in [-0.25, -0.2) is 13.4 Å². The van der Waals surface area contributed by atoms with Crippen molar-refractivity contribution >= 4 is 9.84 Å². The van der Waals surface area contributed by atoms with Crippen molar-refractivity contribution in [1.29, 1.82) is 0 Å². The molecular formula is C20H20N2O3S. The van der Waals surface area contributed by atoms with Crippen molar-refractivity contribution in [3.63, 3.8) is 0 Å². The summed E-state index contributed by atoms with van der Waals surface area (Å²) < 4.78 is 33.1. The number of imidazole rings is 1. The maximum Gasteiger partial charge on any atom is 0.240 e. The standard InChI is InChI=1S/C20H20N2O3S/c1-3-4-14-25-19-13-9-8-12-17(19)18-15-21-20(22(18)2)26(23,24)16-10-6-5-7-11-16/h3,5-13,15H,1,4,14H2,2H3. The summed E-state index contributed by atoms with van der Waals surface area (Å²) in [6.07, 6.45) is 4.08. The van der Waals surface area contributed by atoms with Crippen LogP contribution in [0, 0.1) is 0 Å². The molecule has 0 saturated carbocycles. The molecule has 0 amide bonds. The lowest BCUT2D eigenvalue weighted by molar-refractivity contribution is 0.326. The minimum Gasteiger partial charge on any atom is -0.493 e. The molecule has 5 nitrogen and oxygen atoms in total. The van der Waals surface area contributed by atoms with Gasteiger partial charge >= 0.3 is 0 Å². The first kappa shape index (κ1) is 17.9. The molecule has 0 saturated heterocycles. The molecule has 3 rings (SSSR count). The Balaban J connectivity index is 2.02. The Bertz CT molecular complexity index is 1010. The van der Waals surface area contributed by atoms with Crippen LogP contribution in [0.25, 0.3) is 11.3 Å². The number of aromatic nitrogens is 2. The van der Waals surface area contributed by atoms with Gasteiger partial charge in [-0.2, -0.15) is 0 Å². The van der Waals surface area contributed by atoms with Crippen LogP contribution >= 0.6 is 0 Å². The SMILES string of the molecule is C=CCCOc1ccccc1-c1cnc(S(=O)(=O)c2ccccc2)n1C. The number of nitrogens with zero attached hydrogens (tertiary/aromatic N) is 2. The van der Waals surface area contributed by atoms with Gasteiger partial charge in [-0.15, -0.1) is 6.58 Å². The van der Waals surface area contributed by atoms with Crippen molar-refractivity contribution in [1.82, 2.24) is 9.55 Å². The molecule has 1 aromatic heterocycles. The first-order valence-corrected chi connectivity index (χ1v) is 9.69. The lowest BCUT2D eigenvalue weighted by Crippen LogP contribution is -2.09. The van der Waals surface area contributed by atoms with Crippen molar-refractivity contribution < 1.29 is 13.2 Å². The monoisotopic (exact) mass is 368 g/mol. The molecular weight excluding hydrogens is 348 g/mol. The molecule has 1 heterocycles. The normalized spacial score (nSPS) is 11.3. The third kappa shape index (κ3) is 3.41. The minimum atomic E-state index is -3.69. The van der Waals surface area contributed by atoms with Crippen LogP contribution in [0.2, 0.25) is 0 Å². The van der Waals surface area contributed by atoms with Crippen LogP contribution in [0.3, 0.4) is 0 Å². The Morgan fingerprint density at radius 1 is 1.12 bits per heavy atom. The maximum atomic E-state index is 12.9. The third-order valence-corrected chi connectivity index (χ3v) is 5.73. The predicted octanol–water partition coefficient (Wildman–Crippen LogP) is 3.87. The van der Waals surface area contributed by atoms with Crippen LogP contribution in [0.15, 0.2) is 83.5 Å². The average Bonchev–Trinajstić information content (AvgIpc) is 3.05. The van der Waals surface area contributed by atoms with E-state index in [4.69, 9.17) is 4.74 Å². The fraction of sp³-hybridized carbons (Fsp3) is 0.150. The fourth-order valence-corrected chi connectivity index (χ4v) is 4.03. The highest BCUT2D eigenvalue weighted by atomic mass is 32.2. The van der Waals surface area contributed by atoms with Crippen molar-refractivity contribution in [2.45, 2.75) is 16.5 Å². The Hall–Kier alpha value is -2.86. The summed E-state index contributed by atoms with van der Waals surface area (Å²) >= 11 is 0. The van der Waals surface area contributed by atoms with E-state index >= 15 is 0 Å². The molecule has 0 aliphatic heterocycles. The van der Waals surface area contributed by atoms with E-state index in [2.05, 4.69) is 11.6 Å². The molecule has 26 heavy (non-hydrogen) atoms. The van der Waals surface area contributed by atoms with E-state index in [0.29, 0.717) is 18.1 Å². The van der Waals surface area contributed by atoms with E-state index < -0.39 is 9.84 Å². The highest BCUT2D eigenvalue weighted by Crippen LogP contribution is 2.32. The van der Waals surface area contributed by atoms with Crippen LogP contribution in [-0.4, -0.2) is 24.6 Å². The smallest absolute Gasteiger partial charge is 0.240 e. The summed E-state index contributed by atoms with van der Waals surface area (Å²) in [7, 11) is -2.00. The molecule has 6 heteroatoms. The van der Waals surface area contributed by atoms with E-state index in [-0.39, 0.29) is 10.1 Å². The first-order chi connectivity index (χ1) is 12.6. The second-order valence-corrected chi connectivity index (χ2v) is 7.57. The minimum absolute atomic E-state index is 0.000375. The van der Waals surface area contributed by atoms with Gasteiger partial charge in [0.05, 0.1) is 23.4 Å². The molecule has 0 unspecified atom stereocenters. The summed E-state index contributed by atoms with van der Waals surface area (Å²) in [6.45, 7) is 4.19. The number of rotatable bonds is 7. The molecule has 0 bridgehead atoms. The zero-order chi connectivity index (χ0) is 18.6. The number of para-hydroxylation sites is 1. The number of hydrogen-bond donors (Lipinski definition) is 0. The second kappa shape index (κ2) is 7.58. The topological polar surface area (TPSA) is 61.2 Å². The van der Waals surface area contributed by atoms with E-state index in [0.717, 1.165) is 12.0 Å². The van der Waals surface area contributed by atoms with E-state index in [1.54, 1.807) is 54.2 Å². The Labute approximate surface area is 153 Å². The van der Waals surface area contributed by atoms with E-state index in [1.165, 1.54) is 0 Å². The highest BCUT2D eigenvalue weighted by molar-refractivity contribution is 7.91. The molecule has 134 valence electrons. The van der Waals surface area contributed by atoms with E-state index in [9.17, 15) is 8.42 Å². The van der Waals surface area contributed by atoms with Gasteiger partial charge < -0.3 is 9.30 Å². The van der Waals surface area contributed by atoms with Crippen molar-refractivity contribution in [3.8, 4) is 17.0 Å². The Morgan fingerprint density at radius 2 is 1.81 bits per heavy atom. The highest BCUT2D eigenvalue weighted by Gasteiger charge is 2.25. The fourth-order valence-electron chi connectivity index (χ4n) is 2.65. The average molecular weight is 368 g/mol. The van der Waals surface area contributed by atoms with Gasteiger partial charge in [0, 0.05) is 12.6 Å².